The number of phenols is 1. The van der Waals surface area contributed by atoms with Crippen LogP contribution in [-0.4, -0.2) is 10.6 Å². The molecule has 1 rings (SSSR count). The zero-order valence-electron chi connectivity index (χ0n) is 7.46. The highest BCUT2D eigenvalue weighted by Gasteiger charge is 2.12. The summed E-state index contributed by atoms with van der Waals surface area (Å²) < 4.78 is 0. The van der Waals surface area contributed by atoms with Gasteiger partial charge in [0.2, 0.25) is 0 Å². The number of hydrogen-bond donors (Lipinski definition) is 1. The third-order valence-corrected chi connectivity index (χ3v) is 1.56. The largest absolute Gasteiger partial charge is 0.508 e. The van der Waals surface area contributed by atoms with Gasteiger partial charge < -0.3 is 5.11 Å². The lowest BCUT2D eigenvalue weighted by Gasteiger charge is -2.16. The van der Waals surface area contributed by atoms with Gasteiger partial charge in [0.15, 0.2) is 0 Å². The molecule has 65 valence electrons. The molecule has 0 unspecified atom stereocenters. The first-order chi connectivity index (χ1) is 5.47. The van der Waals surface area contributed by atoms with Crippen molar-refractivity contribution in [1.82, 2.24) is 5.73 Å². The van der Waals surface area contributed by atoms with Gasteiger partial charge in [0.25, 0.3) is 0 Å². The second kappa shape index (κ2) is 3.15. The van der Waals surface area contributed by atoms with Gasteiger partial charge in [0.1, 0.15) is 5.75 Å². The van der Waals surface area contributed by atoms with Crippen molar-refractivity contribution in [3.8, 4) is 5.75 Å². The van der Waals surface area contributed by atoms with Gasteiger partial charge in [-0.3, -0.25) is 5.73 Å². The molecule has 2 nitrogen and oxygen atoms in total. The molecule has 0 aliphatic carbocycles. The number of rotatable bonds is 2. The molecule has 0 aliphatic heterocycles. The van der Waals surface area contributed by atoms with Gasteiger partial charge in [-0.15, -0.1) is 0 Å². The van der Waals surface area contributed by atoms with Crippen LogP contribution in [0.4, 0.5) is 0 Å². The lowest BCUT2D eigenvalue weighted by atomic mass is 9.96. The van der Waals surface area contributed by atoms with Crippen LogP contribution in [0, 0.1) is 0 Å². The van der Waals surface area contributed by atoms with E-state index >= 15 is 0 Å². The van der Waals surface area contributed by atoms with Gasteiger partial charge >= 0.3 is 0 Å². The molecule has 1 radical (unpaired) electrons. The topological polar surface area (TPSA) is 44.0 Å². The molecule has 1 aromatic rings. The highest BCUT2D eigenvalue weighted by atomic mass is 16.3. The minimum absolute atomic E-state index is 0.275. The molecule has 0 fully saturated rings. The summed E-state index contributed by atoms with van der Waals surface area (Å²) in [6.07, 6.45) is 0.668. The van der Waals surface area contributed by atoms with Crippen molar-refractivity contribution in [2.45, 2.75) is 25.8 Å². The fourth-order valence-corrected chi connectivity index (χ4v) is 1.18. The Hall–Kier alpha value is -1.02. The average Bonchev–Trinajstić information content (AvgIpc) is 1.82. The van der Waals surface area contributed by atoms with Gasteiger partial charge in [-0.05, 0) is 38.0 Å². The Bertz CT molecular complexity index is 263. The molecule has 0 saturated carbocycles. The maximum Gasteiger partial charge on any atom is 0.115 e. The quantitative estimate of drug-likeness (QED) is 0.713. The monoisotopic (exact) mass is 164 g/mol. The van der Waals surface area contributed by atoms with E-state index in [2.05, 4.69) is 0 Å². The molecule has 2 heteroatoms. The third-order valence-electron chi connectivity index (χ3n) is 1.56. The Balaban J connectivity index is 2.77. The Morgan fingerprint density at radius 2 is 2.08 bits per heavy atom. The molecule has 2 N–H and O–H groups in total. The molecule has 0 spiro atoms. The van der Waals surface area contributed by atoms with Crippen molar-refractivity contribution < 1.29 is 5.11 Å². The van der Waals surface area contributed by atoms with E-state index in [9.17, 15) is 0 Å². The van der Waals surface area contributed by atoms with Crippen molar-refractivity contribution in [2.75, 3.05) is 0 Å². The first-order valence-corrected chi connectivity index (χ1v) is 4.00. The summed E-state index contributed by atoms with van der Waals surface area (Å²) in [5.41, 5.74) is 8.20. The first-order valence-electron chi connectivity index (χ1n) is 4.00. The molecular weight excluding hydrogens is 150 g/mol. The van der Waals surface area contributed by atoms with Gasteiger partial charge in [-0.25, -0.2) is 0 Å². The Morgan fingerprint density at radius 1 is 1.42 bits per heavy atom. The van der Waals surface area contributed by atoms with Gasteiger partial charge in [-0.1, -0.05) is 12.1 Å². The predicted octanol–water partition coefficient (Wildman–Crippen LogP) is 2.00. The van der Waals surface area contributed by atoms with Crippen LogP contribution in [0.25, 0.3) is 0 Å². The van der Waals surface area contributed by atoms with Crippen molar-refractivity contribution in [3.63, 3.8) is 0 Å². The summed E-state index contributed by atoms with van der Waals surface area (Å²) in [7, 11) is 0. The fraction of sp³-hybridized carbons (Fsp3) is 0.400. The van der Waals surface area contributed by atoms with Gasteiger partial charge in [0.05, 0.1) is 0 Å². The SMILES string of the molecule is CC(C)([NH])Cc1cccc(O)c1. The molecule has 12 heavy (non-hydrogen) atoms. The standard InChI is InChI=1S/C10H14NO/c1-10(2,11)7-8-4-3-5-9(12)6-8/h3-6,11-12H,7H2,1-2H3. The van der Waals surface area contributed by atoms with Crippen LogP contribution in [0.3, 0.4) is 0 Å². The zero-order valence-corrected chi connectivity index (χ0v) is 7.46. The number of nitrogens with one attached hydrogen (secondary N) is 1. The van der Waals surface area contributed by atoms with Crippen LogP contribution in [0.15, 0.2) is 24.3 Å². The minimum atomic E-state index is -0.464. The van der Waals surface area contributed by atoms with Gasteiger partial charge in [-0.2, -0.15) is 0 Å². The summed E-state index contributed by atoms with van der Waals surface area (Å²) >= 11 is 0. The average molecular weight is 164 g/mol. The molecule has 0 saturated heterocycles. The molecular formula is C10H14NO. The van der Waals surface area contributed by atoms with E-state index in [0.29, 0.717) is 6.42 Å². The number of benzene rings is 1. The molecule has 0 bridgehead atoms. The lowest BCUT2D eigenvalue weighted by Crippen LogP contribution is -2.24. The van der Waals surface area contributed by atoms with Crippen LogP contribution in [0.2, 0.25) is 0 Å². The summed E-state index contributed by atoms with van der Waals surface area (Å²) in [5, 5.41) is 9.15. The van der Waals surface area contributed by atoms with Crippen molar-refractivity contribution in [3.05, 3.63) is 29.8 Å². The van der Waals surface area contributed by atoms with Crippen molar-refractivity contribution >= 4 is 0 Å². The molecule has 0 atom stereocenters. The minimum Gasteiger partial charge on any atom is -0.508 e. The number of aromatic hydroxyl groups is 1. The zero-order chi connectivity index (χ0) is 9.19. The predicted molar refractivity (Wildman–Crippen MR) is 49.0 cm³/mol. The normalized spacial score (nSPS) is 11.6. The van der Waals surface area contributed by atoms with Crippen LogP contribution in [0.1, 0.15) is 19.4 Å². The smallest absolute Gasteiger partial charge is 0.115 e. The van der Waals surface area contributed by atoms with E-state index in [1.807, 2.05) is 19.9 Å². The third kappa shape index (κ3) is 2.93. The number of hydrogen-bond acceptors (Lipinski definition) is 1. The van der Waals surface area contributed by atoms with Crippen molar-refractivity contribution in [1.29, 1.82) is 0 Å². The molecule has 0 aliphatic rings. The fourth-order valence-electron chi connectivity index (χ4n) is 1.18. The lowest BCUT2D eigenvalue weighted by molar-refractivity contribution is 0.469. The molecule has 1 aromatic carbocycles. The van der Waals surface area contributed by atoms with E-state index in [-0.39, 0.29) is 5.75 Å². The summed E-state index contributed by atoms with van der Waals surface area (Å²) in [4.78, 5) is 0. The maximum absolute atomic E-state index is 9.15. The second-order valence-electron chi connectivity index (χ2n) is 3.73. The summed E-state index contributed by atoms with van der Waals surface area (Å²) in [6.45, 7) is 3.72. The Kier molecular flexibility index (Phi) is 2.38. The highest BCUT2D eigenvalue weighted by molar-refractivity contribution is 5.28. The molecule has 0 aromatic heterocycles. The molecule has 0 heterocycles. The molecule has 0 amide bonds. The Labute approximate surface area is 73.0 Å². The van der Waals surface area contributed by atoms with E-state index in [1.54, 1.807) is 18.2 Å². The van der Waals surface area contributed by atoms with E-state index in [0.717, 1.165) is 5.56 Å². The summed E-state index contributed by atoms with van der Waals surface area (Å²) in [6, 6.07) is 7.07. The second-order valence-corrected chi connectivity index (χ2v) is 3.73. The van der Waals surface area contributed by atoms with Crippen LogP contribution in [0.5, 0.6) is 5.75 Å². The van der Waals surface area contributed by atoms with Gasteiger partial charge in [0, 0.05) is 5.54 Å². The maximum atomic E-state index is 9.15. The van der Waals surface area contributed by atoms with E-state index in [4.69, 9.17) is 10.8 Å². The summed E-state index contributed by atoms with van der Waals surface area (Å²) in [5.74, 6) is 0.275. The van der Waals surface area contributed by atoms with E-state index in [1.165, 1.54) is 0 Å². The van der Waals surface area contributed by atoms with Crippen LogP contribution < -0.4 is 5.73 Å². The Morgan fingerprint density at radius 3 is 2.58 bits per heavy atom. The van der Waals surface area contributed by atoms with Crippen LogP contribution in [-0.2, 0) is 6.42 Å². The van der Waals surface area contributed by atoms with Crippen LogP contribution >= 0.6 is 0 Å². The highest BCUT2D eigenvalue weighted by Crippen LogP contribution is 2.15. The first kappa shape index (κ1) is 9.07. The van der Waals surface area contributed by atoms with E-state index < -0.39 is 5.54 Å². The van der Waals surface area contributed by atoms with Crippen molar-refractivity contribution in [2.24, 2.45) is 0 Å². The number of phenolic OH excluding ortho intramolecular Hbond substituents is 1.